The number of thioether (sulfide) groups is 1. The number of amidine groups is 1. The molecule has 23 heavy (non-hydrogen) atoms. The van der Waals surface area contributed by atoms with Gasteiger partial charge < -0.3 is 10.2 Å². The van der Waals surface area contributed by atoms with Crippen molar-refractivity contribution in [3.63, 3.8) is 0 Å². The van der Waals surface area contributed by atoms with E-state index < -0.39 is 0 Å². The zero-order valence-corrected chi connectivity index (χ0v) is 14.1. The third kappa shape index (κ3) is 3.75. The average Bonchev–Trinajstić information content (AvgIpc) is 3.08. The molecule has 0 bridgehead atoms. The Kier molecular flexibility index (Phi) is 5.00. The molecule has 0 saturated carbocycles. The molecule has 5 nitrogen and oxygen atoms in total. The number of likely N-dealkylation sites (tertiary alicyclic amines) is 1. The number of aryl methyl sites for hydroxylation is 1. The molecule has 0 spiro atoms. The summed E-state index contributed by atoms with van der Waals surface area (Å²) in [5, 5.41) is 3.65. The Morgan fingerprint density at radius 2 is 2.00 bits per heavy atom. The van der Waals surface area contributed by atoms with E-state index in [9.17, 15) is 9.59 Å². The Bertz CT molecular complexity index is 636. The maximum absolute atomic E-state index is 12.6. The second-order valence-electron chi connectivity index (χ2n) is 5.91. The molecule has 0 aliphatic carbocycles. The topological polar surface area (TPSA) is 61.8 Å². The Hall–Kier alpha value is -1.82. The smallest absolute Gasteiger partial charge is 0.254 e. The van der Waals surface area contributed by atoms with E-state index >= 15 is 0 Å². The zero-order chi connectivity index (χ0) is 16.2. The van der Waals surface area contributed by atoms with Crippen molar-refractivity contribution in [1.29, 1.82) is 0 Å². The molecule has 2 heterocycles. The van der Waals surface area contributed by atoms with Crippen LogP contribution in [0.25, 0.3) is 0 Å². The summed E-state index contributed by atoms with van der Waals surface area (Å²) in [7, 11) is 0. The summed E-state index contributed by atoms with van der Waals surface area (Å²) in [6, 6.07) is 7.65. The van der Waals surface area contributed by atoms with Crippen LogP contribution in [-0.2, 0) is 4.79 Å². The summed E-state index contributed by atoms with van der Waals surface area (Å²) >= 11 is 1.59. The Balaban J connectivity index is 1.55. The number of aliphatic imine (C=N–C) groups is 1. The molecule has 3 rings (SSSR count). The van der Waals surface area contributed by atoms with E-state index in [0.29, 0.717) is 25.9 Å². The molecule has 1 aromatic rings. The van der Waals surface area contributed by atoms with Crippen LogP contribution in [0.3, 0.4) is 0 Å². The third-order valence-electron chi connectivity index (χ3n) is 4.34. The summed E-state index contributed by atoms with van der Waals surface area (Å²) in [6.45, 7) is 3.99. The lowest BCUT2D eigenvalue weighted by atomic mass is 9.95. The number of nitrogens with zero attached hydrogens (tertiary/aromatic N) is 2. The van der Waals surface area contributed by atoms with Crippen LogP contribution in [0.2, 0.25) is 0 Å². The first-order chi connectivity index (χ1) is 11.1. The van der Waals surface area contributed by atoms with E-state index in [1.165, 1.54) is 0 Å². The van der Waals surface area contributed by atoms with Gasteiger partial charge in [-0.1, -0.05) is 30.0 Å². The van der Waals surface area contributed by atoms with Crippen molar-refractivity contribution in [2.45, 2.75) is 19.8 Å². The SMILES string of the molecule is Cc1ccccc1C(=O)N1CCC(C(=O)NC2=NCCS2)CC1. The molecule has 2 aliphatic rings. The molecular weight excluding hydrogens is 310 g/mol. The predicted molar refractivity (Wildman–Crippen MR) is 92.7 cm³/mol. The van der Waals surface area contributed by atoms with E-state index in [2.05, 4.69) is 10.3 Å². The second kappa shape index (κ2) is 7.17. The van der Waals surface area contributed by atoms with Gasteiger partial charge in [0.1, 0.15) is 0 Å². The van der Waals surface area contributed by atoms with E-state index in [0.717, 1.165) is 28.6 Å². The molecule has 6 heteroatoms. The van der Waals surface area contributed by atoms with Crippen molar-refractivity contribution < 1.29 is 9.59 Å². The first-order valence-electron chi connectivity index (χ1n) is 7.98. The lowest BCUT2D eigenvalue weighted by Crippen LogP contribution is -2.43. The maximum Gasteiger partial charge on any atom is 0.254 e. The fourth-order valence-electron chi connectivity index (χ4n) is 2.95. The third-order valence-corrected chi connectivity index (χ3v) is 5.24. The number of carbonyl (C=O) groups excluding carboxylic acids is 2. The van der Waals surface area contributed by atoms with Crippen LogP contribution < -0.4 is 5.32 Å². The van der Waals surface area contributed by atoms with Crippen molar-refractivity contribution in [2.24, 2.45) is 10.9 Å². The number of hydrogen-bond donors (Lipinski definition) is 1. The molecule has 122 valence electrons. The number of nitrogens with one attached hydrogen (secondary N) is 1. The monoisotopic (exact) mass is 331 g/mol. The van der Waals surface area contributed by atoms with Crippen LogP contribution >= 0.6 is 11.8 Å². The maximum atomic E-state index is 12.6. The number of hydrogen-bond acceptors (Lipinski definition) is 4. The molecule has 0 aromatic heterocycles. The van der Waals surface area contributed by atoms with Crippen molar-refractivity contribution in [1.82, 2.24) is 10.2 Å². The molecular formula is C17H21N3O2S. The first kappa shape index (κ1) is 16.1. The van der Waals surface area contributed by atoms with Gasteiger partial charge in [-0.15, -0.1) is 0 Å². The van der Waals surface area contributed by atoms with Crippen molar-refractivity contribution in [3.05, 3.63) is 35.4 Å². The summed E-state index contributed by atoms with van der Waals surface area (Å²) in [4.78, 5) is 30.9. The van der Waals surface area contributed by atoms with Gasteiger partial charge in [-0.3, -0.25) is 14.6 Å². The minimum atomic E-state index is -0.0279. The Morgan fingerprint density at radius 3 is 2.65 bits per heavy atom. The van der Waals surface area contributed by atoms with Crippen LogP contribution in [0.15, 0.2) is 29.3 Å². The largest absolute Gasteiger partial charge is 0.339 e. The normalized spacial score (nSPS) is 18.7. The number of rotatable bonds is 2. The summed E-state index contributed by atoms with van der Waals surface area (Å²) in [5.41, 5.74) is 1.75. The molecule has 1 N–H and O–H groups in total. The molecule has 1 saturated heterocycles. The lowest BCUT2D eigenvalue weighted by molar-refractivity contribution is -0.124. The molecule has 0 atom stereocenters. The minimum Gasteiger partial charge on any atom is -0.339 e. The van der Waals surface area contributed by atoms with Gasteiger partial charge in [0.2, 0.25) is 5.91 Å². The van der Waals surface area contributed by atoms with Crippen LogP contribution in [0.5, 0.6) is 0 Å². The van der Waals surface area contributed by atoms with E-state index in [1.54, 1.807) is 11.8 Å². The van der Waals surface area contributed by atoms with Gasteiger partial charge in [0, 0.05) is 30.3 Å². The van der Waals surface area contributed by atoms with Crippen LogP contribution in [0, 0.1) is 12.8 Å². The fourth-order valence-corrected chi connectivity index (χ4v) is 3.68. The zero-order valence-electron chi connectivity index (χ0n) is 13.2. The van der Waals surface area contributed by atoms with Gasteiger partial charge in [-0.25, -0.2) is 0 Å². The van der Waals surface area contributed by atoms with Crippen molar-refractivity contribution in [2.75, 3.05) is 25.4 Å². The number of carbonyl (C=O) groups is 2. The Morgan fingerprint density at radius 1 is 1.26 bits per heavy atom. The minimum absolute atomic E-state index is 0.0279. The van der Waals surface area contributed by atoms with E-state index in [-0.39, 0.29) is 17.7 Å². The van der Waals surface area contributed by atoms with E-state index in [1.807, 2.05) is 36.1 Å². The number of piperidine rings is 1. The standard InChI is InChI=1S/C17H21N3O2S/c1-12-4-2-3-5-14(12)16(22)20-9-6-13(7-10-20)15(21)19-17-18-8-11-23-17/h2-5,13H,6-11H2,1H3,(H,18,19,21). The molecule has 1 fully saturated rings. The van der Waals surface area contributed by atoms with Gasteiger partial charge in [0.05, 0.1) is 6.54 Å². The summed E-state index contributed by atoms with van der Waals surface area (Å²) < 4.78 is 0. The Labute approximate surface area is 140 Å². The fraction of sp³-hybridized carbons (Fsp3) is 0.471. The average molecular weight is 331 g/mol. The number of amides is 2. The molecule has 0 unspecified atom stereocenters. The van der Waals surface area contributed by atoms with Gasteiger partial charge >= 0.3 is 0 Å². The second-order valence-corrected chi connectivity index (χ2v) is 6.99. The van der Waals surface area contributed by atoms with Gasteiger partial charge in [-0.2, -0.15) is 0 Å². The molecule has 2 amide bonds. The summed E-state index contributed by atoms with van der Waals surface area (Å²) in [6.07, 6.45) is 1.42. The highest BCUT2D eigenvalue weighted by Crippen LogP contribution is 2.21. The first-order valence-corrected chi connectivity index (χ1v) is 8.97. The summed E-state index contributed by atoms with van der Waals surface area (Å²) in [5.74, 6) is 1.03. The lowest BCUT2D eigenvalue weighted by Gasteiger charge is -2.31. The van der Waals surface area contributed by atoms with E-state index in [4.69, 9.17) is 0 Å². The predicted octanol–water partition coefficient (Wildman–Crippen LogP) is 2.07. The molecule has 1 aromatic carbocycles. The molecule has 0 radical (unpaired) electrons. The highest BCUT2D eigenvalue weighted by Gasteiger charge is 2.29. The van der Waals surface area contributed by atoms with Gasteiger partial charge in [0.15, 0.2) is 5.17 Å². The van der Waals surface area contributed by atoms with Crippen LogP contribution in [0.1, 0.15) is 28.8 Å². The number of benzene rings is 1. The van der Waals surface area contributed by atoms with Crippen molar-refractivity contribution >= 4 is 28.7 Å². The quantitative estimate of drug-likeness (QED) is 0.902. The van der Waals surface area contributed by atoms with Crippen LogP contribution in [-0.4, -0.2) is 47.3 Å². The van der Waals surface area contributed by atoms with Crippen LogP contribution in [0.4, 0.5) is 0 Å². The van der Waals surface area contributed by atoms with Gasteiger partial charge in [0.25, 0.3) is 5.91 Å². The highest BCUT2D eigenvalue weighted by atomic mass is 32.2. The molecule has 2 aliphatic heterocycles. The van der Waals surface area contributed by atoms with Crippen molar-refractivity contribution in [3.8, 4) is 0 Å². The van der Waals surface area contributed by atoms with Gasteiger partial charge in [-0.05, 0) is 31.4 Å². The highest BCUT2D eigenvalue weighted by molar-refractivity contribution is 8.14.